The Labute approximate surface area is 223 Å². The highest BCUT2D eigenvalue weighted by atomic mass is 32.2. The van der Waals surface area contributed by atoms with Crippen molar-refractivity contribution in [1.29, 1.82) is 0 Å². The van der Waals surface area contributed by atoms with Gasteiger partial charge < -0.3 is 30.7 Å². The lowest BCUT2D eigenvalue weighted by Gasteiger charge is -2.44. The maximum Gasteiger partial charge on any atom is 0.407 e. The van der Waals surface area contributed by atoms with Gasteiger partial charge in [-0.1, -0.05) is 60.7 Å². The number of benzene rings is 2. The van der Waals surface area contributed by atoms with Crippen LogP contribution in [0.2, 0.25) is 0 Å². The van der Waals surface area contributed by atoms with Crippen molar-refractivity contribution in [3.8, 4) is 0 Å². The third kappa shape index (κ3) is 5.75. The number of alkyl carbamates (subject to hydrolysis) is 1. The number of rotatable bonds is 9. The van der Waals surface area contributed by atoms with Gasteiger partial charge in [-0.05, 0) is 25.0 Å². The maximum atomic E-state index is 13.3. The van der Waals surface area contributed by atoms with Crippen LogP contribution in [0, 0.1) is 0 Å². The Balaban J connectivity index is 1.36. The molecule has 0 aliphatic carbocycles. The number of carbonyl (C=O) groups excluding carboxylic acids is 4. The van der Waals surface area contributed by atoms with E-state index >= 15 is 0 Å². The molecule has 2 unspecified atom stereocenters. The quantitative estimate of drug-likeness (QED) is 0.348. The number of carbonyl (C=O) groups is 5. The molecule has 12 heteroatoms. The SMILES string of the molecule is CC1(C)S[C@@H]2C(NC(=O)C(NC(=O)CNC(=O)OCc3ccccc3)c3ccccc3)C(=O)N2[C@H]1C(=O)O. The lowest BCUT2D eigenvalue weighted by Crippen LogP contribution is -2.71. The van der Waals surface area contributed by atoms with Crippen molar-refractivity contribution in [2.75, 3.05) is 6.54 Å². The molecule has 0 aromatic heterocycles. The molecule has 2 fully saturated rings. The molecule has 4 atom stereocenters. The molecule has 2 aliphatic heterocycles. The van der Waals surface area contributed by atoms with Crippen LogP contribution in [-0.2, 0) is 30.5 Å². The van der Waals surface area contributed by atoms with Gasteiger partial charge in [0.05, 0.1) is 0 Å². The predicted molar refractivity (Wildman–Crippen MR) is 138 cm³/mol. The summed E-state index contributed by atoms with van der Waals surface area (Å²) in [6, 6.07) is 14.4. The predicted octanol–water partition coefficient (Wildman–Crippen LogP) is 1.40. The number of β-lactam (4-membered cyclic amide) rings is 1. The normalized spacial score (nSPS) is 21.9. The Morgan fingerprint density at radius 2 is 1.68 bits per heavy atom. The Bertz CT molecular complexity index is 1220. The molecular weight excluding hydrogens is 512 g/mol. The third-order valence-electron chi connectivity index (χ3n) is 6.28. The van der Waals surface area contributed by atoms with Crippen LogP contribution in [0.1, 0.15) is 31.0 Å². The molecule has 4 N–H and O–H groups in total. The summed E-state index contributed by atoms with van der Waals surface area (Å²) in [6.45, 7) is 3.08. The molecule has 2 heterocycles. The summed E-state index contributed by atoms with van der Waals surface area (Å²) in [5.74, 6) is -2.87. The summed E-state index contributed by atoms with van der Waals surface area (Å²) < 4.78 is 4.35. The molecule has 0 bridgehead atoms. The summed E-state index contributed by atoms with van der Waals surface area (Å²) in [7, 11) is 0. The topological polar surface area (TPSA) is 154 Å². The minimum atomic E-state index is -1.15. The smallest absolute Gasteiger partial charge is 0.407 e. The van der Waals surface area contributed by atoms with Crippen molar-refractivity contribution in [2.24, 2.45) is 0 Å². The van der Waals surface area contributed by atoms with Gasteiger partial charge in [0.2, 0.25) is 17.7 Å². The van der Waals surface area contributed by atoms with E-state index in [9.17, 15) is 29.1 Å². The first-order chi connectivity index (χ1) is 18.1. The number of hydrogen-bond donors (Lipinski definition) is 4. The van der Waals surface area contributed by atoms with E-state index in [2.05, 4.69) is 16.0 Å². The summed E-state index contributed by atoms with van der Waals surface area (Å²) in [6.07, 6.45) is -0.793. The summed E-state index contributed by atoms with van der Waals surface area (Å²) >= 11 is 1.30. The second-order valence-corrected chi connectivity index (χ2v) is 11.2. The number of nitrogens with one attached hydrogen (secondary N) is 3. The van der Waals surface area contributed by atoms with E-state index in [1.807, 2.05) is 18.2 Å². The Hall–Kier alpha value is -4.06. The molecule has 0 saturated carbocycles. The zero-order chi connectivity index (χ0) is 27.4. The van der Waals surface area contributed by atoms with Crippen LogP contribution in [0.5, 0.6) is 0 Å². The van der Waals surface area contributed by atoms with E-state index in [1.54, 1.807) is 56.3 Å². The molecule has 38 heavy (non-hydrogen) atoms. The number of ether oxygens (including phenoxy) is 1. The number of nitrogens with zero attached hydrogens (tertiary/aromatic N) is 1. The van der Waals surface area contributed by atoms with E-state index in [0.29, 0.717) is 5.56 Å². The number of carboxylic acids is 1. The van der Waals surface area contributed by atoms with Gasteiger partial charge in [0.25, 0.3) is 0 Å². The fourth-order valence-corrected chi connectivity index (χ4v) is 6.09. The second kappa shape index (κ2) is 11.1. The number of aliphatic carboxylic acids is 1. The molecule has 2 aromatic rings. The summed E-state index contributed by atoms with van der Waals surface area (Å²) in [5, 5.41) is 16.7. The average Bonchev–Trinajstić information content (AvgIpc) is 3.16. The van der Waals surface area contributed by atoms with Crippen molar-refractivity contribution in [3.63, 3.8) is 0 Å². The number of amides is 4. The molecule has 0 radical (unpaired) electrons. The lowest BCUT2D eigenvalue weighted by atomic mass is 9.95. The van der Waals surface area contributed by atoms with Crippen molar-refractivity contribution in [3.05, 3.63) is 71.8 Å². The van der Waals surface area contributed by atoms with Gasteiger partial charge in [-0.2, -0.15) is 0 Å². The highest BCUT2D eigenvalue weighted by Crippen LogP contribution is 2.50. The average molecular weight is 541 g/mol. The molecule has 4 amide bonds. The first kappa shape index (κ1) is 27.0. The minimum absolute atomic E-state index is 0.0362. The van der Waals surface area contributed by atoms with Crippen molar-refractivity contribution >= 4 is 41.5 Å². The van der Waals surface area contributed by atoms with Gasteiger partial charge in [-0.15, -0.1) is 11.8 Å². The zero-order valence-electron chi connectivity index (χ0n) is 20.7. The Morgan fingerprint density at radius 3 is 2.32 bits per heavy atom. The van der Waals surface area contributed by atoms with Crippen LogP contribution >= 0.6 is 11.8 Å². The first-order valence-electron chi connectivity index (χ1n) is 11.9. The molecule has 0 spiro atoms. The monoisotopic (exact) mass is 540 g/mol. The minimum Gasteiger partial charge on any atom is -0.480 e. The first-order valence-corrected chi connectivity index (χ1v) is 12.8. The Morgan fingerprint density at radius 1 is 1.05 bits per heavy atom. The van der Waals surface area contributed by atoms with E-state index in [1.165, 1.54) is 16.7 Å². The van der Waals surface area contributed by atoms with Gasteiger partial charge in [-0.25, -0.2) is 9.59 Å². The second-order valence-electron chi connectivity index (χ2n) is 9.41. The van der Waals surface area contributed by atoms with Crippen molar-refractivity contribution in [2.45, 2.75) is 48.7 Å². The number of carboxylic acid groups (broad SMARTS) is 1. The lowest BCUT2D eigenvalue weighted by molar-refractivity contribution is -0.161. The molecule has 11 nitrogen and oxygen atoms in total. The highest BCUT2D eigenvalue weighted by Gasteiger charge is 2.64. The van der Waals surface area contributed by atoms with Gasteiger partial charge in [0.1, 0.15) is 36.7 Å². The number of hydrogen-bond acceptors (Lipinski definition) is 7. The molecule has 4 rings (SSSR count). The molecule has 200 valence electrons. The molecule has 2 saturated heterocycles. The molecular formula is C26H28N4O7S. The van der Waals surface area contributed by atoms with Crippen LogP contribution in [-0.4, -0.2) is 68.5 Å². The summed E-state index contributed by atoms with van der Waals surface area (Å²) in [4.78, 5) is 63.7. The summed E-state index contributed by atoms with van der Waals surface area (Å²) in [5.41, 5.74) is 1.26. The van der Waals surface area contributed by atoms with E-state index < -0.39 is 64.6 Å². The third-order valence-corrected chi connectivity index (χ3v) is 7.85. The number of thioether (sulfide) groups is 1. The standard InChI is InChI=1S/C26H28N4O7S/c1-26(2)20(24(34)35)30-22(33)19(23(30)38-26)29-21(32)18(16-11-7-4-8-12-16)28-17(31)13-27-25(36)37-14-15-9-5-3-6-10-15/h3-12,18-20,23H,13-14H2,1-2H3,(H,27,36)(H,28,31)(H,29,32)(H,34,35)/t18?,19?,20-,23+/m0/s1. The van der Waals surface area contributed by atoms with Crippen LogP contribution in [0.25, 0.3) is 0 Å². The van der Waals surface area contributed by atoms with Crippen LogP contribution in [0.3, 0.4) is 0 Å². The maximum absolute atomic E-state index is 13.3. The van der Waals surface area contributed by atoms with Crippen molar-refractivity contribution < 1.29 is 33.8 Å². The largest absolute Gasteiger partial charge is 0.480 e. The van der Waals surface area contributed by atoms with Crippen LogP contribution in [0.15, 0.2) is 60.7 Å². The fourth-order valence-electron chi connectivity index (χ4n) is 4.47. The fraction of sp³-hybridized carbons (Fsp3) is 0.346. The van der Waals surface area contributed by atoms with Gasteiger partial charge >= 0.3 is 12.1 Å². The van der Waals surface area contributed by atoms with Gasteiger partial charge in [-0.3, -0.25) is 14.4 Å². The zero-order valence-corrected chi connectivity index (χ0v) is 21.6. The molecule has 2 aromatic carbocycles. The van der Waals surface area contributed by atoms with E-state index in [0.717, 1.165) is 5.56 Å². The van der Waals surface area contributed by atoms with Gasteiger partial charge in [0, 0.05) is 4.75 Å². The number of fused-ring (bicyclic) bond motifs is 1. The van der Waals surface area contributed by atoms with Crippen LogP contribution in [0.4, 0.5) is 4.79 Å². The Kier molecular flexibility index (Phi) is 7.91. The highest BCUT2D eigenvalue weighted by molar-refractivity contribution is 8.01. The van der Waals surface area contributed by atoms with E-state index in [4.69, 9.17) is 4.74 Å². The van der Waals surface area contributed by atoms with E-state index in [-0.39, 0.29) is 6.61 Å². The molecule has 2 aliphatic rings. The van der Waals surface area contributed by atoms with Crippen LogP contribution < -0.4 is 16.0 Å². The van der Waals surface area contributed by atoms with Crippen molar-refractivity contribution in [1.82, 2.24) is 20.9 Å². The van der Waals surface area contributed by atoms with Gasteiger partial charge in [0.15, 0.2) is 0 Å².